The van der Waals surface area contributed by atoms with E-state index in [1.54, 1.807) is 6.92 Å². The van der Waals surface area contributed by atoms with Gasteiger partial charge >= 0.3 is 0 Å². The third kappa shape index (κ3) is 3.09. The molecule has 2 N–H and O–H groups in total. The fourth-order valence-corrected chi connectivity index (χ4v) is 2.30. The monoisotopic (exact) mass is 310 g/mol. The van der Waals surface area contributed by atoms with Crippen molar-refractivity contribution in [2.45, 2.75) is 20.8 Å². The van der Waals surface area contributed by atoms with Crippen LogP contribution in [0.15, 0.2) is 28.1 Å². The first-order chi connectivity index (χ1) is 10.9. The molecule has 6 heteroatoms. The Labute approximate surface area is 134 Å². The third-order valence-electron chi connectivity index (χ3n) is 3.73. The van der Waals surface area contributed by atoms with Crippen LogP contribution in [0, 0.1) is 32.1 Å². The van der Waals surface area contributed by atoms with Gasteiger partial charge in [-0.1, -0.05) is 17.7 Å². The van der Waals surface area contributed by atoms with Crippen molar-refractivity contribution in [3.05, 3.63) is 56.4 Å². The number of benzene rings is 1. The van der Waals surface area contributed by atoms with E-state index in [2.05, 4.69) is 10.5 Å². The van der Waals surface area contributed by atoms with Crippen molar-refractivity contribution in [2.24, 2.45) is 12.1 Å². The number of hydrogen-bond donors (Lipinski definition) is 2. The third-order valence-corrected chi connectivity index (χ3v) is 3.73. The topological polar surface area (TPSA) is 90.4 Å². The standard InChI is InChI=1S/C17H18N4O2/c1-10-5-6-15(11(2)7-10)20-19-9-14-12(3)13(8-18)16(22)21(4)17(14)23/h5-7,9,20,23H,1-4H3. The van der Waals surface area contributed by atoms with Crippen molar-refractivity contribution >= 4 is 11.9 Å². The maximum atomic E-state index is 11.9. The summed E-state index contributed by atoms with van der Waals surface area (Å²) in [4.78, 5) is 11.9. The summed E-state index contributed by atoms with van der Waals surface area (Å²) in [6.45, 7) is 5.58. The summed E-state index contributed by atoms with van der Waals surface area (Å²) >= 11 is 0. The number of nitriles is 1. The number of pyridine rings is 1. The number of hydrogen-bond acceptors (Lipinski definition) is 5. The highest BCUT2D eigenvalue weighted by Crippen LogP contribution is 2.19. The van der Waals surface area contributed by atoms with Gasteiger partial charge in [-0.3, -0.25) is 14.8 Å². The molecule has 0 bridgehead atoms. The van der Waals surface area contributed by atoms with E-state index < -0.39 is 5.56 Å². The van der Waals surface area contributed by atoms with Crippen LogP contribution in [0.4, 0.5) is 5.69 Å². The summed E-state index contributed by atoms with van der Waals surface area (Å²) in [7, 11) is 1.41. The van der Waals surface area contributed by atoms with Gasteiger partial charge < -0.3 is 5.11 Å². The normalized spacial score (nSPS) is 10.7. The second kappa shape index (κ2) is 6.36. The Morgan fingerprint density at radius 2 is 2.04 bits per heavy atom. The maximum absolute atomic E-state index is 11.9. The Hall–Kier alpha value is -3.07. The van der Waals surface area contributed by atoms with Gasteiger partial charge in [0.2, 0.25) is 5.88 Å². The lowest BCUT2D eigenvalue weighted by Gasteiger charge is -2.10. The smallest absolute Gasteiger partial charge is 0.271 e. The van der Waals surface area contributed by atoms with Crippen LogP contribution in [0.2, 0.25) is 0 Å². The van der Waals surface area contributed by atoms with Crippen molar-refractivity contribution in [1.29, 1.82) is 5.26 Å². The second-order valence-corrected chi connectivity index (χ2v) is 5.40. The molecule has 2 rings (SSSR count). The zero-order valence-electron chi connectivity index (χ0n) is 13.5. The van der Waals surface area contributed by atoms with Gasteiger partial charge in [-0.05, 0) is 38.0 Å². The van der Waals surface area contributed by atoms with Crippen molar-refractivity contribution in [3.8, 4) is 11.9 Å². The molecule has 6 nitrogen and oxygen atoms in total. The SMILES string of the molecule is Cc1ccc(NN=Cc2c(C)c(C#N)c(=O)n(C)c2O)c(C)c1. The first-order valence-electron chi connectivity index (χ1n) is 7.05. The number of aromatic nitrogens is 1. The fourth-order valence-electron chi connectivity index (χ4n) is 2.30. The molecule has 0 aliphatic heterocycles. The number of nitrogens with zero attached hydrogens (tertiary/aromatic N) is 3. The Bertz CT molecular complexity index is 889. The molecule has 2 aromatic rings. The predicted molar refractivity (Wildman–Crippen MR) is 89.9 cm³/mol. The molecule has 118 valence electrons. The Kier molecular flexibility index (Phi) is 4.51. The van der Waals surface area contributed by atoms with Crippen molar-refractivity contribution in [3.63, 3.8) is 0 Å². The minimum atomic E-state index is -0.526. The van der Waals surface area contributed by atoms with Gasteiger partial charge in [-0.15, -0.1) is 0 Å². The molecule has 0 spiro atoms. The summed E-state index contributed by atoms with van der Waals surface area (Å²) in [6, 6.07) is 7.78. The molecule has 0 radical (unpaired) electrons. The molecular weight excluding hydrogens is 292 g/mol. The number of rotatable bonds is 3. The van der Waals surface area contributed by atoms with E-state index in [1.165, 1.54) is 13.3 Å². The Balaban J connectivity index is 2.39. The number of anilines is 1. The fraction of sp³-hybridized carbons (Fsp3) is 0.235. The Morgan fingerprint density at radius 3 is 2.65 bits per heavy atom. The predicted octanol–water partition coefficient (Wildman–Crippen LogP) is 2.33. The molecule has 0 saturated carbocycles. The van der Waals surface area contributed by atoms with E-state index in [4.69, 9.17) is 5.26 Å². The lowest BCUT2D eigenvalue weighted by Crippen LogP contribution is -2.22. The van der Waals surface area contributed by atoms with Gasteiger partial charge in [0.15, 0.2) is 0 Å². The van der Waals surface area contributed by atoms with Gasteiger partial charge in [-0.2, -0.15) is 10.4 Å². The quantitative estimate of drug-likeness (QED) is 0.672. The molecule has 0 aliphatic carbocycles. The van der Waals surface area contributed by atoms with Gasteiger partial charge in [-0.25, -0.2) is 0 Å². The van der Waals surface area contributed by atoms with Gasteiger partial charge in [0.1, 0.15) is 11.6 Å². The average Bonchev–Trinajstić information content (AvgIpc) is 2.51. The van der Waals surface area contributed by atoms with E-state index in [-0.39, 0.29) is 11.4 Å². The van der Waals surface area contributed by atoms with Crippen LogP contribution in [0.5, 0.6) is 5.88 Å². The van der Waals surface area contributed by atoms with Crippen molar-refractivity contribution in [1.82, 2.24) is 4.57 Å². The molecule has 1 aromatic heterocycles. The first kappa shape index (κ1) is 16.3. The lowest BCUT2D eigenvalue weighted by atomic mass is 10.1. The van der Waals surface area contributed by atoms with Crippen LogP contribution in [0.25, 0.3) is 0 Å². The van der Waals surface area contributed by atoms with Gasteiger partial charge in [0.25, 0.3) is 5.56 Å². The van der Waals surface area contributed by atoms with Crippen LogP contribution >= 0.6 is 0 Å². The molecular formula is C17H18N4O2. The highest BCUT2D eigenvalue weighted by atomic mass is 16.3. The minimum absolute atomic E-state index is 0.00161. The first-order valence-corrected chi connectivity index (χ1v) is 7.05. The summed E-state index contributed by atoms with van der Waals surface area (Å²) in [5.41, 5.74) is 6.15. The minimum Gasteiger partial charge on any atom is -0.494 e. The number of aryl methyl sites for hydroxylation is 2. The molecule has 0 amide bonds. The summed E-state index contributed by atoms with van der Waals surface area (Å²) in [6.07, 6.45) is 1.41. The van der Waals surface area contributed by atoms with Crippen LogP contribution < -0.4 is 11.0 Å². The summed E-state index contributed by atoms with van der Waals surface area (Å²) in [5, 5.41) is 23.3. The zero-order valence-corrected chi connectivity index (χ0v) is 13.5. The van der Waals surface area contributed by atoms with E-state index in [0.29, 0.717) is 11.1 Å². The Morgan fingerprint density at radius 1 is 1.35 bits per heavy atom. The van der Waals surface area contributed by atoms with Crippen LogP contribution in [-0.2, 0) is 7.05 Å². The number of hydrazone groups is 1. The lowest BCUT2D eigenvalue weighted by molar-refractivity contribution is 0.421. The van der Waals surface area contributed by atoms with E-state index in [0.717, 1.165) is 21.4 Å². The molecule has 0 fully saturated rings. The second-order valence-electron chi connectivity index (χ2n) is 5.40. The van der Waals surface area contributed by atoms with Crippen LogP contribution in [-0.4, -0.2) is 15.9 Å². The van der Waals surface area contributed by atoms with Crippen LogP contribution in [0.1, 0.15) is 27.8 Å². The van der Waals surface area contributed by atoms with E-state index >= 15 is 0 Å². The molecule has 0 atom stereocenters. The average molecular weight is 310 g/mol. The maximum Gasteiger partial charge on any atom is 0.271 e. The molecule has 1 heterocycles. The summed E-state index contributed by atoms with van der Waals surface area (Å²) < 4.78 is 1.03. The number of aromatic hydroxyl groups is 1. The highest BCUT2D eigenvalue weighted by molar-refractivity contribution is 5.86. The largest absolute Gasteiger partial charge is 0.494 e. The van der Waals surface area contributed by atoms with Crippen molar-refractivity contribution < 1.29 is 5.11 Å². The molecule has 0 aliphatic rings. The molecule has 1 aromatic carbocycles. The molecule has 23 heavy (non-hydrogen) atoms. The molecule has 0 saturated heterocycles. The summed E-state index contributed by atoms with van der Waals surface area (Å²) in [5.74, 6) is -0.224. The van der Waals surface area contributed by atoms with Gasteiger partial charge in [0.05, 0.1) is 17.5 Å². The van der Waals surface area contributed by atoms with Crippen molar-refractivity contribution in [2.75, 3.05) is 5.43 Å². The number of nitrogens with one attached hydrogen (secondary N) is 1. The molecule has 0 unspecified atom stereocenters. The van der Waals surface area contributed by atoms with Gasteiger partial charge in [0, 0.05) is 7.05 Å². The van der Waals surface area contributed by atoms with Crippen LogP contribution in [0.3, 0.4) is 0 Å². The highest BCUT2D eigenvalue weighted by Gasteiger charge is 2.15. The van der Waals surface area contributed by atoms with E-state index in [9.17, 15) is 9.90 Å². The van der Waals surface area contributed by atoms with E-state index in [1.807, 2.05) is 38.1 Å². The zero-order chi connectivity index (χ0) is 17.1.